The topological polar surface area (TPSA) is 59.3 Å². The fraction of sp³-hybridized carbons (Fsp3) is 0.0588. The van der Waals surface area contributed by atoms with Crippen LogP contribution in [0.1, 0.15) is 15.9 Å². The van der Waals surface area contributed by atoms with Crippen LogP contribution in [0.25, 0.3) is 10.9 Å². The molecule has 4 nitrogen and oxygen atoms in total. The van der Waals surface area contributed by atoms with Crippen LogP contribution in [0.5, 0.6) is 0 Å². The summed E-state index contributed by atoms with van der Waals surface area (Å²) < 4.78 is 55.5. The minimum atomic E-state index is -1.62. The molecule has 1 heterocycles. The fourth-order valence-corrected chi connectivity index (χ4v) is 2.56. The largest absolute Gasteiger partial charge is 0.477 e. The minimum Gasteiger partial charge on any atom is -0.477 e. The summed E-state index contributed by atoms with van der Waals surface area (Å²) >= 11 is 0. The van der Waals surface area contributed by atoms with Gasteiger partial charge in [0, 0.05) is 12.7 Å². The Morgan fingerprint density at radius 2 is 1.60 bits per heavy atom. The molecular weight excluding hydrogens is 342 g/mol. The number of hydrogen-bond acceptors (Lipinski definition) is 2. The highest BCUT2D eigenvalue weighted by atomic mass is 19.2. The van der Waals surface area contributed by atoms with E-state index in [4.69, 9.17) is 5.11 Å². The van der Waals surface area contributed by atoms with Gasteiger partial charge in [-0.2, -0.15) is 0 Å². The van der Waals surface area contributed by atoms with Crippen LogP contribution >= 0.6 is 0 Å². The number of nitrogens with zero attached hydrogens (tertiary/aromatic N) is 1. The van der Waals surface area contributed by atoms with Crippen molar-refractivity contribution in [2.75, 3.05) is 0 Å². The first-order valence-corrected chi connectivity index (χ1v) is 6.98. The Morgan fingerprint density at radius 3 is 2.24 bits per heavy atom. The standard InChI is InChI=1S/C17H9F4NO3/c18-10-2-1-8(5-13(10)21)6-22-7-9(17(24)25)16(23)14-11(19)3-4-12(20)15(14)22/h1-5,7H,6H2,(H,24,25). The summed E-state index contributed by atoms with van der Waals surface area (Å²) in [5.41, 5.74) is -2.22. The summed E-state index contributed by atoms with van der Waals surface area (Å²) in [6.07, 6.45) is 0.844. The van der Waals surface area contributed by atoms with Crippen LogP contribution in [0.3, 0.4) is 0 Å². The van der Waals surface area contributed by atoms with Gasteiger partial charge in [0.2, 0.25) is 5.43 Å². The number of hydrogen-bond donors (Lipinski definition) is 1. The van der Waals surface area contributed by atoms with E-state index < -0.39 is 51.1 Å². The maximum atomic E-state index is 14.2. The molecule has 3 aromatic rings. The first-order valence-electron chi connectivity index (χ1n) is 6.98. The van der Waals surface area contributed by atoms with E-state index in [-0.39, 0.29) is 12.1 Å². The number of aromatic carboxylic acids is 1. The summed E-state index contributed by atoms with van der Waals surface area (Å²) in [4.78, 5) is 23.4. The summed E-state index contributed by atoms with van der Waals surface area (Å²) in [6.45, 7) is -0.297. The summed E-state index contributed by atoms with van der Waals surface area (Å²) in [5, 5.41) is 8.40. The summed E-state index contributed by atoms with van der Waals surface area (Å²) in [7, 11) is 0. The first-order chi connectivity index (χ1) is 11.8. The molecule has 1 aromatic heterocycles. The number of halogens is 4. The smallest absolute Gasteiger partial charge is 0.341 e. The molecule has 0 saturated carbocycles. The number of carbonyl (C=O) groups is 1. The van der Waals surface area contributed by atoms with Crippen molar-refractivity contribution in [2.45, 2.75) is 6.54 Å². The number of carboxylic acid groups (broad SMARTS) is 1. The van der Waals surface area contributed by atoms with Gasteiger partial charge in [-0.3, -0.25) is 4.79 Å². The monoisotopic (exact) mass is 351 g/mol. The van der Waals surface area contributed by atoms with E-state index in [2.05, 4.69) is 0 Å². The lowest BCUT2D eigenvalue weighted by atomic mass is 10.1. The van der Waals surface area contributed by atoms with Crippen molar-refractivity contribution in [3.8, 4) is 0 Å². The highest BCUT2D eigenvalue weighted by Crippen LogP contribution is 2.21. The van der Waals surface area contributed by atoms with Crippen LogP contribution < -0.4 is 5.43 Å². The van der Waals surface area contributed by atoms with Crippen molar-refractivity contribution in [2.24, 2.45) is 0 Å². The molecule has 2 aromatic carbocycles. The van der Waals surface area contributed by atoms with Crippen LogP contribution in [-0.4, -0.2) is 15.6 Å². The maximum Gasteiger partial charge on any atom is 0.341 e. The second kappa shape index (κ2) is 6.04. The van der Waals surface area contributed by atoms with Gasteiger partial charge in [0.15, 0.2) is 11.6 Å². The molecule has 0 bridgehead atoms. The predicted molar refractivity (Wildman–Crippen MR) is 80.5 cm³/mol. The molecule has 128 valence electrons. The van der Waals surface area contributed by atoms with Crippen molar-refractivity contribution in [3.63, 3.8) is 0 Å². The molecule has 0 spiro atoms. The number of pyridine rings is 1. The van der Waals surface area contributed by atoms with Gasteiger partial charge < -0.3 is 9.67 Å². The molecule has 1 N–H and O–H groups in total. The van der Waals surface area contributed by atoms with E-state index in [1.165, 1.54) is 6.07 Å². The van der Waals surface area contributed by atoms with Crippen molar-refractivity contribution >= 4 is 16.9 Å². The van der Waals surface area contributed by atoms with Crippen LogP contribution in [0.4, 0.5) is 17.6 Å². The normalized spacial score (nSPS) is 11.0. The zero-order valence-electron chi connectivity index (χ0n) is 12.4. The molecule has 3 rings (SSSR count). The molecule has 0 saturated heterocycles. The van der Waals surface area contributed by atoms with Gasteiger partial charge in [-0.15, -0.1) is 0 Å². The Labute approximate surface area is 137 Å². The van der Waals surface area contributed by atoms with Crippen LogP contribution in [-0.2, 0) is 6.54 Å². The van der Waals surface area contributed by atoms with Gasteiger partial charge in [0.25, 0.3) is 0 Å². The van der Waals surface area contributed by atoms with E-state index >= 15 is 0 Å². The molecule has 25 heavy (non-hydrogen) atoms. The zero-order chi connectivity index (χ0) is 18.3. The Morgan fingerprint density at radius 1 is 0.960 bits per heavy atom. The molecule has 8 heteroatoms. The second-order valence-corrected chi connectivity index (χ2v) is 5.31. The van der Waals surface area contributed by atoms with Crippen molar-refractivity contribution in [1.82, 2.24) is 4.57 Å². The molecule has 0 radical (unpaired) electrons. The molecular formula is C17H9F4NO3. The van der Waals surface area contributed by atoms with Gasteiger partial charge in [-0.05, 0) is 29.8 Å². The highest BCUT2D eigenvalue weighted by molar-refractivity contribution is 5.92. The van der Waals surface area contributed by atoms with Gasteiger partial charge in [0.1, 0.15) is 17.2 Å². The maximum absolute atomic E-state index is 14.2. The molecule has 0 aliphatic carbocycles. The Hall–Kier alpha value is -3.16. The molecule has 0 aliphatic heterocycles. The molecule has 0 atom stereocenters. The lowest BCUT2D eigenvalue weighted by Gasteiger charge is -2.14. The third-order valence-electron chi connectivity index (χ3n) is 3.69. The fourth-order valence-electron chi connectivity index (χ4n) is 2.56. The van der Waals surface area contributed by atoms with Gasteiger partial charge >= 0.3 is 5.97 Å². The number of aromatic nitrogens is 1. The second-order valence-electron chi connectivity index (χ2n) is 5.31. The van der Waals surface area contributed by atoms with Crippen LogP contribution in [0.15, 0.2) is 41.3 Å². The van der Waals surface area contributed by atoms with E-state index in [0.29, 0.717) is 6.07 Å². The SMILES string of the molecule is O=C(O)c1cn(Cc2ccc(F)c(F)c2)c2c(F)ccc(F)c2c1=O. The molecule has 0 unspecified atom stereocenters. The van der Waals surface area contributed by atoms with E-state index in [1.807, 2.05) is 0 Å². The molecule has 0 aliphatic rings. The first kappa shape index (κ1) is 16.7. The van der Waals surface area contributed by atoms with Gasteiger partial charge in [-0.1, -0.05) is 6.07 Å². The van der Waals surface area contributed by atoms with Gasteiger partial charge in [-0.25, -0.2) is 22.4 Å². The number of benzene rings is 2. The quantitative estimate of drug-likeness (QED) is 0.737. The Kier molecular flexibility index (Phi) is 4.03. The van der Waals surface area contributed by atoms with Crippen LogP contribution in [0.2, 0.25) is 0 Å². The van der Waals surface area contributed by atoms with E-state index in [9.17, 15) is 27.2 Å². The van der Waals surface area contributed by atoms with Crippen molar-refractivity contribution in [3.05, 3.63) is 81.1 Å². The number of rotatable bonds is 3. The van der Waals surface area contributed by atoms with E-state index in [1.54, 1.807) is 0 Å². The third-order valence-corrected chi connectivity index (χ3v) is 3.69. The number of carboxylic acids is 1. The molecule has 0 amide bonds. The molecule has 0 fully saturated rings. The number of fused-ring (bicyclic) bond motifs is 1. The Bertz CT molecular complexity index is 1080. The average Bonchev–Trinajstić information content (AvgIpc) is 2.55. The minimum absolute atomic E-state index is 0.170. The average molecular weight is 351 g/mol. The van der Waals surface area contributed by atoms with Crippen molar-refractivity contribution in [1.29, 1.82) is 0 Å². The third kappa shape index (κ3) is 2.86. The van der Waals surface area contributed by atoms with Gasteiger partial charge in [0.05, 0.1) is 10.9 Å². The van der Waals surface area contributed by atoms with Crippen molar-refractivity contribution < 1.29 is 27.5 Å². The zero-order valence-corrected chi connectivity index (χ0v) is 12.4. The highest BCUT2D eigenvalue weighted by Gasteiger charge is 2.20. The lowest BCUT2D eigenvalue weighted by Crippen LogP contribution is -2.21. The Balaban J connectivity index is 2.31. The predicted octanol–water partition coefficient (Wildman–Crippen LogP) is 3.30. The summed E-state index contributed by atoms with van der Waals surface area (Å²) in [5.74, 6) is -5.88. The van der Waals surface area contributed by atoms with Crippen LogP contribution in [0, 0.1) is 23.3 Å². The lowest BCUT2D eigenvalue weighted by molar-refractivity contribution is 0.0695. The summed E-state index contributed by atoms with van der Waals surface area (Å²) in [6, 6.07) is 4.41. The van der Waals surface area contributed by atoms with E-state index in [0.717, 1.165) is 29.0 Å².